The van der Waals surface area contributed by atoms with Gasteiger partial charge < -0.3 is 10.1 Å². The minimum absolute atomic E-state index is 0.260. The average Bonchev–Trinajstić information content (AvgIpc) is 2.21. The van der Waals surface area contributed by atoms with E-state index in [9.17, 15) is 4.79 Å². The standard InChI is InChI=1S/C8H9Br2N3O2/c1-15-6(14)2-3-11-8-7(10)13-5(9)4-12-8/h4H,2-3H2,1H3,(H,11,12). The Hall–Kier alpha value is -0.690. The summed E-state index contributed by atoms with van der Waals surface area (Å²) in [5.41, 5.74) is 0. The number of halogens is 2. The molecule has 1 heterocycles. The molecule has 1 N–H and O–H groups in total. The van der Waals surface area contributed by atoms with Crippen LogP contribution in [0.4, 0.5) is 5.82 Å². The third-order valence-corrected chi connectivity index (χ3v) is 2.48. The summed E-state index contributed by atoms with van der Waals surface area (Å²) in [7, 11) is 1.36. The largest absolute Gasteiger partial charge is 0.469 e. The summed E-state index contributed by atoms with van der Waals surface area (Å²) in [4.78, 5) is 19.0. The van der Waals surface area contributed by atoms with Crippen molar-refractivity contribution in [1.29, 1.82) is 0 Å². The molecule has 1 aromatic rings. The summed E-state index contributed by atoms with van der Waals surface area (Å²) in [5, 5.41) is 2.96. The molecule has 0 saturated heterocycles. The van der Waals surface area contributed by atoms with Crippen molar-refractivity contribution >= 4 is 43.6 Å². The van der Waals surface area contributed by atoms with E-state index in [1.54, 1.807) is 6.20 Å². The average molecular weight is 339 g/mol. The van der Waals surface area contributed by atoms with Crippen LogP contribution in [-0.4, -0.2) is 29.6 Å². The fourth-order valence-corrected chi connectivity index (χ4v) is 1.80. The number of esters is 1. The van der Waals surface area contributed by atoms with Gasteiger partial charge >= 0.3 is 5.97 Å². The van der Waals surface area contributed by atoms with Gasteiger partial charge in [0.1, 0.15) is 9.21 Å². The molecule has 0 amide bonds. The Morgan fingerprint density at radius 1 is 1.60 bits per heavy atom. The minimum Gasteiger partial charge on any atom is -0.469 e. The van der Waals surface area contributed by atoms with Gasteiger partial charge in [-0.15, -0.1) is 0 Å². The molecular formula is C8H9Br2N3O2. The number of carbonyl (C=O) groups is 1. The molecule has 0 aromatic carbocycles. The Labute approximate surface area is 104 Å². The summed E-state index contributed by atoms with van der Waals surface area (Å²) >= 11 is 6.44. The Kier molecular flexibility index (Phi) is 4.97. The molecule has 0 spiro atoms. The smallest absolute Gasteiger partial charge is 0.307 e. The predicted molar refractivity (Wildman–Crippen MR) is 62.6 cm³/mol. The lowest BCUT2D eigenvalue weighted by Crippen LogP contribution is -2.11. The number of methoxy groups -OCH3 is 1. The van der Waals surface area contributed by atoms with Crippen molar-refractivity contribution in [1.82, 2.24) is 9.97 Å². The highest BCUT2D eigenvalue weighted by molar-refractivity contribution is 9.11. The van der Waals surface area contributed by atoms with Crippen LogP contribution in [-0.2, 0) is 9.53 Å². The van der Waals surface area contributed by atoms with Crippen molar-refractivity contribution < 1.29 is 9.53 Å². The van der Waals surface area contributed by atoms with Crippen LogP contribution in [0, 0.1) is 0 Å². The Morgan fingerprint density at radius 2 is 2.33 bits per heavy atom. The van der Waals surface area contributed by atoms with Crippen LogP contribution < -0.4 is 5.32 Å². The van der Waals surface area contributed by atoms with E-state index in [0.29, 0.717) is 28.0 Å². The molecule has 0 bridgehead atoms. The predicted octanol–water partition coefficient (Wildman–Crippen LogP) is 1.98. The summed E-state index contributed by atoms with van der Waals surface area (Å²) in [6.07, 6.45) is 1.87. The van der Waals surface area contributed by atoms with Gasteiger partial charge in [0.15, 0.2) is 5.82 Å². The highest BCUT2D eigenvalue weighted by atomic mass is 79.9. The van der Waals surface area contributed by atoms with E-state index in [0.717, 1.165) is 0 Å². The zero-order chi connectivity index (χ0) is 11.3. The number of carbonyl (C=O) groups excluding carboxylic acids is 1. The van der Waals surface area contributed by atoms with Gasteiger partial charge in [-0.1, -0.05) is 0 Å². The molecular weight excluding hydrogens is 330 g/mol. The minimum atomic E-state index is -0.260. The fourth-order valence-electron chi connectivity index (χ4n) is 0.850. The van der Waals surface area contributed by atoms with E-state index in [1.165, 1.54) is 7.11 Å². The maximum absolute atomic E-state index is 10.8. The first-order valence-corrected chi connectivity index (χ1v) is 5.71. The number of aromatic nitrogens is 2. The number of hydrogen-bond donors (Lipinski definition) is 1. The van der Waals surface area contributed by atoms with E-state index in [1.807, 2.05) is 0 Å². The van der Waals surface area contributed by atoms with Crippen molar-refractivity contribution in [2.75, 3.05) is 19.0 Å². The van der Waals surface area contributed by atoms with Gasteiger partial charge in [-0.25, -0.2) is 9.97 Å². The maximum atomic E-state index is 10.8. The molecule has 0 saturated carbocycles. The third-order valence-electron chi connectivity index (χ3n) is 1.55. The van der Waals surface area contributed by atoms with Gasteiger partial charge in [-0.3, -0.25) is 4.79 Å². The van der Waals surface area contributed by atoms with Crippen LogP contribution >= 0.6 is 31.9 Å². The van der Waals surface area contributed by atoms with Crippen LogP contribution in [0.3, 0.4) is 0 Å². The topological polar surface area (TPSA) is 64.1 Å². The van der Waals surface area contributed by atoms with E-state index >= 15 is 0 Å². The summed E-state index contributed by atoms with van der Waals surface area (Å²) < 4.78 is 5.75. The van der Waals surface area contributed by atoms with Crippen LogP contribution in [0.5, 0.6) is 0 Å². The summed E-state index contributed by atoms with van der Waals surface area (Å²) in [6.45, 7) is 0.460. The molecule has 82 valence electrons. The summed E-state index contributed by atoms with van der Waals surface area (Å²) in [6, 6.07) is 0. The second-order valence-corrected chi connectivity index (χ2v) is 4.15. The normalized spacial score (nSPS) is 9.80. The quantitative estimate of drug-likeness (QED) is 0.850. The van der Waals surface area contributed by atoms with Crippen LogP contribution in [0.1, 0.15) is 6.42 Å². The highest BCUT2D eigenvalue weighted by Gasteiger charge is 2.04. The van der Waals surface area contributed by atoms with E-state index < -0.39 is 0 Å². The van der Waals surface area contributed by atoms with Gasteiger partial charge in [-0.05, 0) is 31.9 Å². The SMILES string of the molecule is COC(=O)CCNc1ncc(Br)nc1Br. The molecule has 15 heavy (non-hydrogen) atoms. The van der Waals surface area contributed by atoms with Gasteiger partial charge in [0.05, 0.1) is 19.7 Å². The number of nitrogens with one attached hydrogen (secondary N) is 1. The van der Waals surface area contributed by atoms with Crippen LogP contribution in [0.15, 0.2) is 15.4 Å². The first kappa shape index (κ1) is 12.4. The van der Waals surface area contributed by atoms with E-state index in [2.05, 4.69) is 51.9 Å². The van der Waals surface area contributed by atoms with Gasteiger partial charge in [-0.2, -0.15) is 0 Å². The molecule has 0 radical (unpaired) electrons. The van der Waals surface area contributed by atoms with Gasteiger partial charge in [0, 0.05) is 6.54 Å². The zero-order valence-electron chi connectivity index (χ0n) is 7.96. The monoisotopic (exact) mass is 337 g/mol. The van der Waals surface area contributed by atoms with E-state index in [-0.39, 0.29) is 5.97 Å². The van der Waals surface area contributed by atoms with Crippen molar-refractivity contribution in [2.45, 2.75) is 6.42 Å². The number of hydrogen-bond acceptors (Lipinski definition) is 5. The first-order chi connectivity index (χ1) is 7.13. The van der Waals surface area contributed by atoms with Crippen molar-refractivity contribution in [3.63, 3.8) is 0 Å². The highest BCUT2D eigenvalue weighted by Crippen LogP contribution is 2.18. The second-order valence-electron chi connectivity index (χ2n) is 2.59. The molecule has 0 aliphatic rings. The first-order valence-electron chi connectivity index (χ1n) is 4.12. The number of nitrogens with zero attached hydrogens (tertiary/aromatic N) is 2. The maximum Gasteiger partial charge on any atom is 0.307 e. The Morgan fingerprint density at radius 3 is 2.93 bits per heavy atom. The Balaban J connectivity index is 2.47. The van der Waals surface area contributed by atoms with Crippen molar-refractivity contribution in [2.24, 2.45) is 0 Å². The third kappa shape index (κ3) is 4.13. The number of ether oxygens (including phenoxy) is 1. The second kappa shape index (κ2) is 6.02. The van der Waals surface area contributed by atoms with Crippen LogP contribution in [0.25, 0.3) is 0 Å². The fraction of sp³-hybridized carbons (Fsp3) is 0.375. The lowest BCUT2D eigenvalue weighted by molar-refractivity contribution is -0.140. The van der Waals surface area contributed by atoms with Crippen molar-refractivity contribution in [3.8, 4) is 0 Å². The molecule has 0 fully saturated rings. The Bertz CT molecular complexity index is 360. The molecule has 0 unspecified atom stereocenters. The molecule has 0 aliphatic carbocycles. The lowest BCUT2D eigenvalue weighted by Gasteiger charge is -2.05. The van der Waals surface area contributed by atoms with Crippen LogP contribution in [0.2, 0.25) is 0 Å². The molecule has 0 atom stereocenters. The molecule has 0 aliphatic heterocycles. The zero-order valence-corrected chi connectivity index (χ0v) is 11.1. The van der Waals surface area contributed by atoms with E-state index in [4.69, 9.17) is 0 Å². The summed E-state index contributed by atoms with van der Waals surface area (Å²) in [5.74, 6) is 0.339. The number of anilines is 1. The van der Waals surface area contributed by atoms with Gasteiger partial charge in [0.25, 0.3) is 0 Å². The molecule has 1 aromatic heterocycles. The molecule has 1 rings (SSSR count). The van der Waals surface area contributed by atoms with Crippen molar-refractivity contribution in [3.05, 3.63) is 15.4 Å². The number of rotatable bonds is 4. The van der Waals surface area contributed by atoms with Gasteiger partial charge in [0.2, 0.25) is 0 Å². The lowest BCUT2D eigenvalue weighted by atomic mass is 10.4. The molecule has 7 heteroatoms. The molecule has 5 nitrogen and oxygen atoms in total.